The van der Waals surface area contributed by atoms with E-state index in [0.717, 1.165) is 28.7 Å². The van der Waals surface area contributed by atoms with E-state index in [4.69, 9.17) is 4.74 Å². The van der Waals surface area contributed by atoms with Gasteiger partial charge in [0.25, 0.3) is 0 Å². The van der Waals surface area contributed by atoms with E-state index in [1.54, 1.807) is 0 Å². The normalized spacial score (nSPS) is 20.1. The van der Waals surface area contributed by atoms with Crippen LogP contribution in [0.2, 0.25) is 0 Å². The quantitative estimate of drug-likeness (QED) is 0.652. The summed E-state index contributed by atoms with van der Waals surface area (Å²) in [5.74, 6) is 9.03. The van der Waals surface area contributed by atoms with Crippen molar-refractivity contribution >= 4 is 0 Å². The first-order valence-electron chi connectivity index (χ1n) is 9.09. The summed E-state index contributed by atoms with van der Waals surface area (Å²) in [6.45, 7) is 5.05. The maximum Gasteiger partial charge on any atom is 0.119 e. The van der Waals surface area contributed by atoms with Crippen LogP contribution in [0.5, 0.6) is 5.75 Å². The zero-order chi connectivity index (χ0) is 16.8. The van der Waals surface area contributed by atoms with E-state index in [9.17, 15) is 0 Å². The number of ether oxygens (including phenoxy) is 1. The molecular formula is C23H26O. The molecule has 0 unspecified atom stereocenters. The first-order valence-corrected chi connectivity index (χ1v) is 9.09. The molecule has 0 amide bonds. The van der Waals surface area contributed by atoms with Crippen molar-refractivity contribution in [1.29, 1.82) is 0 Å². The van der Waals surface area contributed by atoms with Crippen LogP contribution in [-0.2, 0) is 0 Å². The van der Waals surface area contributed by atoms with Crippen LogP contribution < -0.4 is 4.74 Å². The molecule has 124 valence electrons. The zero-order valence-electron chi connectivity index (χ0n) is 14.7. The maximum absolute atomic E-state index is 5.45. The van der Waals surface area contributed by atoms with E-state index in [-0.39, 0.29) is 0 Å². The second kappa shape index (κ2) is 8.06. The van der Waals surface area contributed by atoms with Crippen LogP contribution >= 0.6 is 0 Å². The Morgan fingerprint density at radius 3 is 1.92 bits per heavy atom. The third-order valence-electron chi connectivity index (χ3n) is 4.91. The summed E-state index contributed by atoms with van der Waals surface area (Å²) in [5.41, 5.74) is 3.58. The average molecular weight is 318 g/mol. The van der Waals surface area contributed by atoms with Crippen molar-refractivity contribution in [2.24, 2.45) is 5.92 Å². The first-order chi connectivity index (χ1) is 11.7. The van der Waals surface area contributed by atoms with E-state index in [2.05, 4.69) is 43.0 Å². The van der Waals surface area contributed by atoms with Crippen molar-refractivity contribution in [3.8, 4) is 17.6 Å². The molecular weight excluding hydrogens is 292 g/mol. The van der Waals surface area contributed by atoms with Crippen LogP contribution in [-0.4, -0.2) is 6.61 Å². The molecule has 1 aliphatic rings. The van der Waals surface area contributed by atoms with Gasteiger partial charge in [-0.1, -0.05) is 43.7 Å². The predicted octanol–water partition coefficient (Wildman–Crippen LogP) is 5.78. The highest BCUT2D eigenvalue weighted by molar-refractivity contribution is 5.45. The van der Waals surface area contributed by atoms with Gasteiger partial charge in [0.1, 0.15) is 5.75 Å². The van der Waals surface area contributed by atoms with Crippen LogP contribution in [0.25, 0.3) is 0 Å². The van der Waals surface area contributed by atoms with E-state index >= 15 is 0 Å². The molecule has 24 heavy (non-hydrogen) atoms. The lowest BCUT2D eigenvalue weighted by molar-refractivity contribution is 0.340. The Balaban J connectivity index is 1.64. The molecule has 1 aliphatic carbocycles. The second-order valence-electron chi connectivity index (χ2n) is 6.79. The topological polar surface area (TPSA) is 9.23 Å². The van der Waals surface area contributed by atoms with Gasteiger partial charge in [-0.05, 0) is 73.6 Å². The van der Waals surface area contributed by atoms with Gasteiger partial charge in [-0.2, -0.15) is 0 Å². The van der Waals surface area contributed by atoms with Gasteiger partial charge < -0.3 is 4.74 Å². The second-order valence-corrected chi connectivity index (χ2v) is 6.79. The molecule has 3 rings (SSSR count). The SMILES string of the molecule is CCOc1ccc(C#Cc2ccc(C3CCC(C)CC3)cc2)cc1. The van der Waals surface area contributed by atoms with Crippen molar-refractivity contribution < 1.29 is 4.74 Å². The van der Waals surface area contributed by atoms with Gasteiger partial charge >= 0.3 is 0 Å². The van der Waals surface area contributed by atoms with E-state index < -0.39 is 0 Å². The number of hydrogen-bond acceptors (Lipinski definition) is 1. The van der Waals surface area contributed by atoms with Crippen molar-refractivity contribution in [2.45, 2.75) is 45.4 Å². The summed E-state index contributed by atoms with van der Waals surface area (Å²) < 4.78 is 5.45. The van der Waals surface area contributed by atoms with Crippen molar-refractivity contribution in [1.82, 2.24) is 0 Å². The number of benzene rings is 2. The van der Waals surface area contributed by atoms with Crippen LogP contribution in [0, 0.1) is 17.8 Å². The summed E-state index contributed by atoms with van der Waals surface area (Å²) in [7, 11) is 0. The summed E-state index contributed by atoms with van der Waals surface area (Å²) in [4.78, 5) is 0. The molecule has 0 spiro atoms. The molecule has 0 heterocycles. The Morgan fingerprint density at radius 2 is 1.38 bits per heavy atom. The largest absolute Gasteiger partial charge is 0.494 e. The minimum Gasteiger partial charge on any atom is -0.494 e. The molecule has 0 saturated heterocycles. The molecule has 2 aromatic carbocycles. The molecule has 0 aliphatic heterocycles. The summed E-state index contributed by atoms with van der Waals surface area (Å²) in [5, 5.41) is 0. The molecule has 0 radical (unpaired) electrons. The van der Waals surface area contributed by atoms with Crippen LogP contribution in [0.3, 0.4) is 0 Å². The van der Waals surface area contributed by atoms with Gasteiger partial charge in [0.15, 0.2) is 0 Å². The van der Waals surface area contributed by atoms with Crippen LogP contribution in [0.1, 0.15) is 62.1 Å². The van der Waals surface area contributed by atoms with E-state index in [0.29, 0.717) is 6.61 Å². The van der Waals surface area contributed by atoms with E-state index in [1.807, 2.05) is 31.2 Å². The summed E-state index contributed by atoms with van der Waals surface area (Å²) >= 11 is 0. The molecule has 1 heteroatoms. The fraction of sp³-hybridized carbons (Fsp3) is 0.391. The minimum atomic E-state index is 0.692. The number of rotatable bonds is 3. The third-order valence-corrected chi connectivity index (χ3v) is 4.91. The zero-order valence-corrected chi connectivity index (χ0v) is 14.7. The standard InChI is InChI=1S/C23H26O/c1-3-24-23-16-10-20(11-17-23)7-6-19-8-14-22(15-9-19)21-12-4-18(2)5-13-21/h8-11,14-18,21H,3-5,12-13H2,1-2H3. The number of hydrogen-bond donors (Lipinski definition) is 0. The Hall–Kier alpha value is -2.20. The Labute approximate surface area is 146 Å². The van der Waals surface area contributed by atoms with Crippen LogP contribution in [0.4, 0.5) is 0 Å². The highest BCUT2D eigenvalue weighted by Gasteiger charge is 2.19. The van der Waals surface area contributed by atoms with Gasteiger partial charge in [-0.25, -0.2) is 0 Å². The summed E-state index contributed by atoms with van der Waals surface area (Å²) in [6, 6.07) is 16.8. The minimum absolute atomic E-state index is 0.692. The molecule has 0 atom stereocenters. The first kappa shape index (κ1) is 16.7. The molecule has 0 aromatic heterocycles. The molecule has 0 bridgehead atoms. The van der Waals surface area contributed by atoms with Crippen molar-refractivity contribution in [3.63, 3.8) is 0 Å². The highest BCUT2D eigenvalue weighted by atomic mass is 16.5. The lowest BCUT2D eigenvalue weighted by Crippen LogP contribution is -2.10. The lowest BCUT2D eigenvalue weighted by Gasteiger charge is -2.26. The average Bonchev–Trinajstić information content (AvgIpc) is 2.63. The fourth-order valence-corrected chi connectivity index (χ4v) is 3.38. The smallest absolute Gasteiger partial charge is 0.119 e. The fourth-order valence-electron chi connectivity index (χ4n) is 3.38. The van der Waals surface area contributed by atoms with Crippen molar-refractivity contribution in [3.05, 3.63) is 65.2 Å². The van der Waals surface area contributed by atoms with Gasteiger partial charge in [0, 0.05) is 11.1 Å². The molecule has 1 nitrogen and oxygen atoms in total. The highest BCUT2D eigenvalue weighted by Crippen LogP contribution is 2.35. The van der Waals surface area contributed by atoms with Crippen molar-refractivity contribution in [2.75, 3.05) is 6.61 Å². The van der Waals surface area contributed by atoms with Gasteiger partial charge in [0.05, 0.1) is 6.61 Å². The van der Waals surface area contributed by atoms with Gasteiger partial charge in [-0.15, -0.1) is 0 Å². The van der Waals surface area contributed by atoms with E-state index in [1.165, 1.54) is 31.2 Å². The Morgan fingerprint density at radius 1 is 0.833 bits per heavy atom. The molecule has 1 saturated carbocycles. The Kier molecular flexibility index (Phi) is 5.59. The molecule has 2 aromatic rings. The summed E-state index contributed by atoms with van der Waals surface area (Å²) in [6.07, 6.45) is 5.39. The van der Waals surface area contributed by atoms with Gasteiger partial charge in [0.2, 0.25) is 0 Å². The predicted molar refractivity (Wildman–Crippen MR) is 100 cm³/mol. The maximum atomic E-state index is 5.45. The van der Waals surface area contributed by atoms with Crippen LogP contribution in [0.15, 0.2) is 48.5 Å². The molecule has 1 fully saturated rings. The Bertz CT molecular complexity index is 692. The molecule has 0 N–H and O–H groups in total. The third kappa shape index (κ3) is 4.42. The monoisotopic (exact) mass is 318 g/mol. The lowest BCUT2D eigenvalue weighted by atomic mass is 9.79. The van der Waals surface area contributed by atoms with Gasteiger partial charge in [-0.3, -0.25) is 0 Å².